The molecular weight excluding hydrogens is 350 g/mol. The van der Waals surface area contributed by atoms with Gasteiger partial charge in [0.25, 0.3) is 0 Å². The third-order valence-corrected chi connectivity index (χ3v) is 6.38. The number of aromatic hydroxyl groups is 1. The summed E-state index contributed by atoms with van der Waals surface area (Å²) < 4.78 is 1.52. The molecule has 7 nitrogen and oxygen atoms in total. The summed E-state index contributed by atoms with van der Waals surface area (Å²) in [6.45, 7) is 7.19. The van der Waals surface area contributed by atoms with Crippen LogP contribution in [0.25, 0.3) is 4.96 Å². The van der Waals surface area contributed by atoms with Gasteiger partial charge >= 0.3 is 0 Å². The van der Waals surface area contributed by atoms with Gasteiger partial charge in [-0.25, -0.2) is 4.98 Å². The lowest BCUT2D eigenvalue weighted by atomic mass is 10.0. The summed E-state index contributed by atoms with van der Waals surface area (Å²) in [6, 6.07) is 8.65. The number of nitrogens with one attached hydrogen (secondary N) is 2. The number of hydrogen-bond acceptors (Lipinski definition) is 5. The van der Waals surface area contributed by atoms with Gasteiger partial charge in [-0.3, -0.25) is 0 Å². The highest BCUT2D eigenvalue weighted by Crippen LogP contribution is 2.34. The van der Waals surface area contributed by atoms with E-state index >= 15 is 0 Å². The number of benzene rings is 1. The molecule has 1 aromatic carbocycles. The maximum absolute atomic E-state index is 10.8. The number of quaternary nitrogens is 2. The number of aliphatic hydroxyl groups excluding tert-OH is 1. The predicted molar refractivity (Wildman–Crippen MR) is 98.9 cm³/mol. The zero-order chi connectivity index (χ0) is 18.1. The lowest BCUT2D eigenvalue weighted by Gasteiger charge is -2.34. The molecule has 1 atom stereocenters. The monoisotopic (exact) mass is 375 g/mol. The lowest BCUT2D eigenvalue weighted by molar-refractivity contribution is -1.02. The minimum Gasteiger partial charge on any atom is -0.492 e. The van der Waals surface area contributed by atoms with Gasteiger partial charge in [-0.2, -0.15) is 9.61 Å². The zero-order valence-corrected chi connectivity index (χ0v) is 15.7. The molecule has 0 unspecified atom stereocenters. The molecule has 1 fully saturated rings. The number of fused-ring (bicyclic) bond motifs is 1. The normalized spacial score (nSPS) is 21.9. The summed E-state index contributed by atoms with van der Waals surface area (Å²) in [5.41, 5.74) is 2.43. The number of aryl methyl sites for hydroxylation is 1. The van der Waals surface area contributed by atoms with Crippen molar-refractivity contribution in [2.45, 2.75) is 13.0 Å². The standard InChI is InChI=1S/C18H23N5O2S/c1-13-2-4-14(5-3-13)15(22-8-6-21(7-9-22)10-11-24)16-17(25)23-18(26-16)19-12-20-23/h2-5,12,15,24-25H,6-11H2,1H3/p+2/t15-/m1/s1. The molecule has 0 saturated carbocycles. The van der Waals surface area contributed by atoms with Crippen molar-refractivity contribution in [3.8, 4) is 5.88 Å². The van der Waals surface area contributed by atoms with Gasteiger partial charge in [0.2, 0.25) is 10.8 Å². The van der Waals surface area contributed by atoms with Crippen molar-refractivity contribution in [1.82, 2.24) is 14.6 Å². The molecule has 0 amide bonds. The third kappa shape index (κ3) is 3.21. The Morgan fingerprint density at radius 1 is 1.19 bits per heavy atom. The van der Waals surface area contributed by atoms with Crippen LogP contribution in [0, 0.1) is 6.92 Å². The fourth-order valence-corrected chi connectivity index (χ4v) is 4.95. The number of aliphatic hydroxyl groups is 1. The second kappa shape index (κ2) is 7.32. The maximum atomic E-state index is 10.8. The molecule has 138 valence electrons. The van der Waals surface area contributed by atoms with E-state index in [0.29, 0.717) is 0 Å². The molecule has 1 aliphatic heterocycles. The number of aromatic nitrogens is 3. The first-order chi connectivity index (χ1) is 12.7. The summed E-state index contributed by atoms with van der Waals surface area (Å²) in [7, 11) is 0. The number of nitrogens with zero attached hydrogens (tertiary/aromatic N) is 3. The van der Waals surface area contributed by atoms with Gasteiger partial charge in [-0.1, -0.05) is 41.2 Å². The molecule has 0 radical (unpaired) electrons. The highest BCUT2D eigenvalue weighted by Gasteiger charge is 2.35. The van der Waals surface area contributed by atoms with E-state index in [2.05, 4.69) is 41.3 Å². The number of hydrogen-bond donors (Lipinski definition) is 4. The maximum Gasteiger partial charge on any atom is 0.235 e. The van der Waals surface area contributed by atoms with Crippen LogP contribution in [0.5, 0.6) is 5.88 Å². The van der Waals surface area contributed by atoms with Crippen LogP contribution in [0.3, 0.4) is 0 Å². The molecule has 2 aromatic heterocycles. The first-order valence-corrected chi connectivity index (χ1v) is 9.86. The summed E-state index contributed by atoms with van der Waals surface area (Å²) in [5.74, 6) is 0.200. The highest BCUT2D eigenvalue weighted by molar-refractivity contribution is 7.17. The Labute approximate surface area is 156 Å². The van der Waals surface area contributed by atoms with Gasteiger partial charge in [0.1, 0.15) is 43.9 Å². The van der Waals surface area contributed by atoms with Gasteiger partial charge in [-0.15, -0.1) is 0 Å². The van der Waals surface area contributed by atoms with Crippen LogP contribution in [0.2, 0.25) is 0 Å². The van der Waals surface area contributed by atoms with Crippen molar-refractivity contribution in [3.05, 3.63) is 46.6 Å². The van der Waals surface area contributed by atoms with Crippen molar-refractivity contribution in [3.63, 3.8) is 0 Å². The SMILES string of the molecule is Cc1ccc([C@H](c2sc3ncnn3c2O)[NH+]2CC[NH+](CCO)CC2)cc1. The minimum atomic E-state index is 0.0692. The topological polar surface area (TPSA) is 79.5 Å². The smallest absolute Gasteiger partial charge is 0.235 e. The Balaban J connectivity index is 1.69. The van der Waals surface area contributed by atoms with Crippen molar-refractivity contribution >= 4 is 16.3 Å². The summed E-state index contributed by atoms with van der Waals surface area (Å²) in [5, 5.41) is 24.1. The van der Waals surface area contributed by atoms with E-state index in [1.54, 1.807) is 0 Å². The van der Waals surface area contributed by atoms with E-state index in [0.717, 1.165) is 42.6 Å². The Morgan fingerprint density at radius 3 is 2.58 bits per heavy atom. The van der Waals surface area contributed by atoms with Gasteiger partial charge < -0.3 is 20.0 Å². The van der Waals surface area contributed by atoms with Crippen LogP contribution < -0.4 is 9.80 Å². The first kappa shape index (κ1) is 17.4. The molecule has 0 spiro atoms. The lowest BCUT2D eigenvalue weighted by Crippen LogP contribution is -3.28. The average molecular weight is 375 g/mol. The van der Waals surface area contributed by atoms with Crippen LogP contribution in [0.15, 0.2) is 30.6 Å². The van der Waals surface area contributed by atoms with E-state index in [4.69, 9.17) is 0 Å². The molecule has 26 heavy (non-hydrogen) atoms. The molecule has 0 aliphatic carbocycles. The second-order valence-electron chi connectivity index (χ2n) is 6.97. The molecule has 3 aromatic rings. The molecule has 4 rings (SSSR count). The zero-order valence-electron chi connectivity index (χ0n) is 14.9. The van der Waals surface area contributed by atoms with Gasteiger partial charge in [0.15, 0.2) is 6.04 Å². The van der Waals surface area contributed by atoms with Crippen LogP contribution in [0.1, 0.15) is 22.0 Å². The van der Waals surface area contributed by atoms with Crippen LogP contribution in [0.4, 0.5) is 0 Å². The third-order valence-electron chi connectivity index (χ3n) is 5.28. The second-order valence-corrected chi connectivity index (χ2v) is 7.98. The summed E-state index contributed by atoms with van der Waals surface area (Å²) in [4.78, 5) is 8.77. The molecule has 3 heterocycles. The van der Waals surface area contributed by atoms with E-state index < -0.39 is 0 Å². The van der Waals surface area contributed by atoms with Gasteiger partial charge in [-0.05, 0) is 6.92 Å². The average Bonchev–Trinajstić information content (AvgIpc) is 3.22. The number of rotatable bonds is 5. The number of thiazole rings is 1. The van der Waals surface area contributed by atoms with E-state index in [1.807, 2.05) is 0 Å². The molecular formula is C18H25N5O2S+2. The summed E-state index contributed by atoms with van der Waals surface area (Å²) >= 11 is 1.51. The van der Waals surface area contributed by atoms with Crippen LogP contribution in [-0.4, -0.2) is 64.1 Å². The quantitative estimate of drug-likeness (QED) is 0.446. The Bertz CT molecular complexity index is 867. The fraction of sp³-hybridized carbons (Fsp3) is 0.444. The van der Waals surface area contributed by atoms with E-state index in [-0.39, 0.29) is 18.5 Å². The van der Waals surface area contributed by atoms with Gasteiger partial charge in [0.05, 0.1) is 6.61 Å². The van der Waals surface area contributed by atoms with Crippen molar-refractivity contribution in [2.75, 3.05) is 39.3 Å². The molecule has 4 N–H and O–H groups in total. The first-order valence-electron chi connectivity index (χ1n) is 9.04. The Kier molecular flexibility index (Phi) is 4.90. The van der Waals surface area contributed by atoms with Crippen LogP contribution in [-0.2, 0) is 0 Å². The Morgan fingerprint density at radius 2 is 1.92 bits per heavy atom. The van der Waals surface area contributed by atoms with E-state index in [9.17, 15) is 10.2 Å². The predicted octanol–water partition coefficient (Wildman–Crippen LogP) is -1.33. The number of piperazine rings is 1. The fourth-order valence-electron chi connectivity index (χ4n) is 3.84. The van der Waals surface area contributed by atoms with Crippen molar-refractivity contribution in [2.24, 2.45) is 0 Å². The highest BCUT2D eigenvalue weighted by atomic mass is 32.1. The molecule has 0 bridgehead atoms. The Hall–Kier alpha value is -2.00. The van der Waals surface area contributed by atoms with E-state index in [1.165, 1.54) is 43.1 Å². The van der Waals surface area contributed by atoms with Crippen molar-refractivity contribution in [1.29, 1.82) is 0 Å². The summed E-state index contributed by atoms with van der Waals surface area (Å²) in [6.07, 6.45) is 1.47. The molecule has 1 aliphatic rings. The molecule has 1 saturated heterocycles. The minimum absolute atomic E-state index is 0.0692. The van der Waals surface area contributed by atoms with Crippen LogP contribution >= 0.6 is 11.3 Å². The largest absolute Gasteiger partial charge is 0.492 e. The van der Waals surface area contributed by atoms with Crippen molar-refractivity contribution < 1.29 is 20.0 Å². The molecule has 8 heteroatoms. The van der Waals surface area contributed by atoms with Gasteiger partial charge in [0, 0.05) is 5.56 Å².